The standard InChI is InChI=1S/C66H64BN3S/c1-63(2,3)42-25-31-46(32-26-42)68(47-33-27-43(28-34-47)64(4,5)6)48-39-56-59-57(40-48)70-60-50(62-61(70)49-21-16-17-24-58(49)71-62)22-18-23-53(60)67(59)52-35-29-45(66(10,11)12)38-55(52)69(56)54-36-30-44(65(7,8)9)37-51(54)41-19-14-13-15-20-41/h13-40H,1-12H3. The van der Waals surface area contributed by atoms with Gasteiger partial charge in [-0.3, -0.25) is 0 Å². The number of aromatic nitrogens is 1. The van der Waals surface area contributed by atoms with E-state index < -0.39 is 0 Å². The third kappa shape index (κ3) is 7.29. The molecule has 0 aliphatic carbocycles. The summed E-state index contributed by atoms with van der Waals surface area (Å²) in [6, 6.07) is 65.5. The Morgan fingerprint density at radius 3 is 1.59 bits per heavy atom. The highest BCUT2D eigenvalue weighted by Crippen LogP contribution is 2.50. The minimum absolute atomic E-state index is 0.000371. The first-order chi connectivity index (χ1) is 33.8. The van der Waals surface area contributed by atoms with Crippen LogP contribution in [-0.4, -0.2) is 11.3 Å². The third-order valence-electron chi connectivity index (χ3n) is 15.4. The Balaban J connectivity index is 1.25. The van der Waals surface area contributed by atoms with Gasteiger partial charge in [0.1, 0.15) is 0 Å². The molecular formula is C66H64BN3S. The molecule has 2 aromatic heterocycles. The zero-order chi connectivity index (χ0) is 49.5. The number of para-hydroxylation sites is 1. The molecule has 3 nitrogen and oxygen atoms in total. The van der Waals surface area contributed by atoms with E-state index in [0.29, 0.717) is 0 Å². The minimum atomic E-state index is -0.0751. The summed E-state index contributed by atoms with van der Waals surface area (Å²) in [5, 5.41) is 2.62. The van der Waals surface area contributed by atoms with Gasteiger partial charge in [-0.15, -0.1) is 11.3 Å². The molecule has 0 amide bonds. The van der Waals surface area contributed by atoms with Crippen LogP contribution in [0.3, 0.4) is 0 Å². The monoisotopic (exact) mass is 941 g/mol. The number of hydrogen-bond acceptors (Lipinski definition) is 3. The van der Waals surface area contributed by atoms with Crippen molar-refractivity contribution in [3.63, 3.8) is 0 Å². The lowest BCUT2D eigenvalue weighted by Gasteiger charge is -2.42. The summed E-state index contributed by atoms with van der Waals surface area (Å²) in [6.07, 6.45) is 0. The molecule has 2 aliphatic rings. The van der Waals surface area contributed by atoms with E-state index >= 15 is 0 Å². The molecule has 12 rings (SSSR count). The molecule has 71 heavy (non-hydrogen) atoms. The first-order valence-electron chi connectivity index (χ1n) is 25.5. The molecule has 10 aromatic rings. The van der Waals surface area contributed by atoms with Crippen molar-refractivity contribution in [3.05, 3.63) is 192 Å². The lowest BCUT2D eigenvalue weighted by molar-refractivity contribution is 0.590. The molecule has 352 valence electrons. The average Bonchev–Trinajstić information content (AvgIpc) is 3.88. The van der Waals surface area contributed by atoms with E-state index in [2.05, 4.69) is 267 Å². The molecule has 0 saturated carbocycles. The van der Waals surface area contributed by atoms with Gasteiger partial charge >= 0.3 is 0 Å². The van der Waals surface area contributed by atoms with Crippen LogP contribution in [0.2, 0.25) is 0 Å². The van der Waals surface area contributed by atoms with Crippen molar-refractivity contribution in [2.24, 2.45) is 0 Å². The number of nitrogens with zero attached hydrogens (tertiary/aromatic N) is 3. The summed E-state index contributed by atoms with van der Waals surface area (Å²) < 4.78 is 5.32. The highest BCUT2D eigenvalue weighted by Gasteiger charge is 2.44. The highest BCUT2D eigenvalue weighted by molar-refractivity contribution is 7.26. The zero-order valence-corrected chi connectivity index (χ0v) is 44.3. The predicted molar refractivity (Wildman–Crippen MR) is 310 cm³/mol. The summed E-state index contributed by atoms with van der Waals surface area (Å²) in [5.74, 6) is 0. The normalized spacial score (nSPS) is 13.6. The molecule has 8 aromatic carbocycles. The van der Waals surface area contributed by atoms with Crippen molar-refractivity contribution in [1.29, 1.82) is 0 Å². The Morgan fingerprint density at radius 1 is 0.408 bits per heavy atom. The quantitative estimate of drug-likeness (QED) is 0.159. The zero-order valence-electron chi connectivity index (χ0n) is 43.5. The first kappa shape index (κ1) is 45.3. The van der Waals surface area contributed by atoms with E-state index in [-0.39, 0.29) is 28.4 Å². The number of anilines is 6. The Morgan fingerprint density at radius 2 is 0.958 bits per heavy atom. The average molecular weight is 942 g/mol. The van der Waals surface area contributed by atoms with Crippen molar-refractivity contribution < 1.29 is 0 Å². The fourth-order valence-corrected chi connectivity index (χ4v) is 12.7. The second-order valence-electron chi connectivity index (χ2n) is 24.3. The Labute approximate surface area is 425 Å². The minimum Gasteiger partial charge on any atom is -0.311 e. The summed E-state index contributed by atoms with van der Waals surface area (Å²) in [5.41, 5.74) is 22.5. The van der Waals surface area contributed by atoms with Crippen molar-refractivity contribution in [2.75, 3.05) is 9.80 Å². The largest absolute Gasteiger partial charge is 0.311 e. The van der Waals surface area contributed by atoms with Crippen molar-refractivity contribution in [2.45, 2.75) is 105 Å². The van der Waals surface area contributed by atoms with Gasteiger partial charge in [-0.05, 0) is 127 Å². The van der Waals surface area contributed by atoms with Crippen molar-refractivity contribution in [1.82, 2.24) is 4.57 Å². The number of benzene rings is 8. The molecule has 0 N–H and O–H groups in total. The maximum absolute atomic E-state index is 2.66. The van der Waals surface area contributed by atoms with E-state index in [1.54, 1.807) is 0 Å². The van der Waals surface area contributed by atoms with Gasteiger partial charge in [0.25, 0.3) is 6.71 Å². The van der Waals surface area contributed by atoms with Crippen LogP contribution in [0.4, 0.5) is 34.1 Å². The van der Waals surface area contributed by atoms with Crippen LogP contribution in [0.15, 0.2) is 170 Å². The SMILES string of the molecule is CC(C)(C)c1ccc(N(c2ccc(C(C)(C)C)cc2)c2cc3c4c(c2)-n2c5c(cccc5c5sc6ccccc6c52)B4c2ccc(C(C)(C)C)cc2N3c2ccc(C(C)(C)C)cc2-c2ccccc2)cc1. The lowest BCUT2D eigenvalue weighted by Crippen LogP contribution is -2.60. The smallest absolute Gasteiger partial charge is 0.252 e. The van der Waals surface area contributed by atoms with E-state index in [4.69, 9.17) is 0 Å². The fraction of sp³-hybridized carbons (Fsp3) is 0.242. The third-order valence-corrected chi connectivity index (χ3v) is 16.6. The molecule has 0 unspecified atom stereocenters. The number of rotatable bonds is 5. The molecule has 0 spiro atoms. The molecule has 5 heteroatoms. The van der Waals surface area contributed by atoms with Gasteiger partial charge in [-0.2, -0.15) is 0 Å². The second kappa shape index (κ2) is 15.8. The van der Waals surface area contributed by atoms with Gasteiger partial charge in [0.05, 0.1) is 27.1 Å². The predicted octanol–water partition coefficient (Wildman–Crippen LogP) is 16.9. The van der Waals surface area contributed by atoms with Gasteiger partial charge in [0.15, 0.2) is 0 Å². The summed E-state index contributed by atoms with van der Waals surface area (Å²) >= 11 is 1.93. The maximum atomic E-state index is 2.66. The van der Waals surface area contributed by atoms with Gasteiger partial charge in [0, 0.05) is 49.5 Å². The molecule has 0 bridgehead atoms. The Kier molecular flexibility index (Phi) is 10.1. The summed E-state index contributed by atoms with van der Waals surface area (Å²) in [7, 11) is 0. The molecular weight excluding hydrogens is 878 g/mol. The van der Waals surface area contributed by atoms with Crippen LogP contribution >= 0.6 is 11.3 Å². The molecule has 2 aliphatic heterocycles. The number of fused-ring (bicyclic) bond motifs is 9. The summed E-state index contributed by atoms with van der Waals surface area (Å²) in [4.78, 5) is 5.16. The lowest BCUT2D eigenvalue weighted by atomic mass is 9.33. The maximum Gasteiger partial charge on any atom is 0.252 e. The first-order valence-corrected chi connectivity index (χ1v) is 26.4. The molecule has 0 fully saturated rings. The van der Waals surface area contributed by atoms with Crippen LogP contribution in [0.25, 0.3) is 48.0 Å². The number of hydrogen-bond donors (Lipinski definition) is 0. The van der Waals surface area contributed by atoms with E-state index in [9.17, 15) is 0 Å². The number of thiophene rings is 1. The van der Waals surface area contributed by atoms with E-state index in [1.165, 1.54) is 104 Å². The Hall–Kier alpha value is -6.82. The highest BCUT2D eigenvalue weighted by atomic mass is 32.1. The van der Waals surface area contributed by atoms with Gasteiger partial charge in [-0.1, -0.05) is 192 Å². The van der Waals surface area contributed by atoms with Crippen LogP contribution in [-0.2, 0) is 21.7 Å². The molecule has 0 atom stereocenters. The van der Waals surface area contributed by atoms with Crippen molar-refractivity contribution in [3.8, 4) is 16.8 Å². The summed E-state index contributed by atoms with van der Waals surface area (Å²) in [6.45, 7) is 27.8. The van der Waals surface area contributed by atoms with Gasteiger partial charge in [0.2, 0.25) is 0 Å². The second-order valence-corrected chi connectivity index (χ2v) is 25.4. The van der Waals surface area contributed by atoms with E-state index in [1.807, 2.05) is 11.3 Å². The van der Waals surface area contributed by atoms with Crippen LogP contribution in [0.5, 0.6) is 0 Å². The van der Waals surface area contributed by atoms with Crippen LogP contribution in [0.1, 0.15) is 105 Å². The van der Waals surface area contributed by atoms with Gasteiger partial charge < -0.3 is 14.4 Å². The van der Waals surface area contributed by atoms with Crippen molar-refractivity contribution >= 4 is 99.8 Å². The molecule has 0 radical (unpaired) electrons. The molecule has 4 heterocycles. The van der Waals surface area contributed by atoms with E-state index in [0.717, 1.165) is 17.1 Å². The Bertz CT molecular complexity index is 3680. The molecule has 0 saturated heterocycles. The van der Waals surface area contributed by atoms with Crippen LogP contribution < -0.4 is 26.2 Å². The van der Waals surface area contributed by atoms with Crippen LogP contribution in [0, 0.1) is 0 Å². The topological polar surface area (TPSA) is 11.4 Å². The van der Waals surface area contributed by atoms with Gasteiger partial charge in [-0.25, -0.2) is 0 Å². The fourth-order valence-electron chi connectivity index (χ4n) is 11.5.